The van der Waals surface area contributed by atoms with Crippen LogP contribution in [0.5, 0.6) is 5.75 Å². The van der Waals surface area contributed by atoms with E-state index in [1.807, 2.05) is 0 Å². The summed E-state index contributed by atoms with van der Waals surface area (Å²) in [6.07, 6.45) is -1.10. The Morgan fingerprint density at radius 2 is 0.826 bits per heavy atom. The van der Waals surface area contributed by atoms with Crippen LogP contribution in [0.15, 0.2) is 24.3 Å². The first kappa shape index (κ1) is 103. The zero-order valence-corrected chi connectivity index (χ0v) is 69.5. The number of rotatable bonds is 55. The molecule has 3 aliphatic heterocycles. The average Bonchev–Trinajstić information content (AvgIpc) is 1.70. The maximum atomic E-state index is 14.8. The van der Waals surface area contributed by atoms with Crippen LogP contribution >= 0.6 is 11.8 Å². The molecule has 3 saturated heterocycles. The van der Waals surface area contributed by atoms with Crippen LogP contribution in [0.2, 0.25) is 0 Å². The van der Waals surface area contributed by atoms with Gasteiger partial charge in [0.2, 0.25) is 88.6 Å². The highest BCUT2D eigenvalue weighted by Gasteiger charge is 2.46. The van der Waals surface area contributed by atoms with Crippen molar-refractivity contribution >= 4 is 118 Å². The normalized spacial score (nSPS) is 18.3. The molecule has 16 atom stereocenters. The lowest BCUT2D eigenvalue weighted by Crippen LogP contribution is -2.62. The summed E-state index contributed by atoms with van der Waals surface area (Å²) in [6, 6.07) is -18.2. The molecule has 0 saturated carbocycles. The van der Waals surface area contributed by atoms with Crippen LogP contribution in [0.3, 0.4) is 0 Å². The Hall–Kier alpha value is -10.4. The molecule has 1 aromatic rings. The largest absolute Gasteiger partial charge is 0.508 e. The van der Waals surface area contributed by atoms with E-state index in [4.69, 9.17) is 33.8 Å². The molecular weight excluding hydrogens is 1610 g/mol. The number of nitrogens with zero attached hydrogens (tertiary/aromatic N) is 3. The van der Waals surface area contributed by atoms with Crippen LogP contribution in [0, 0.1) is 5.92 Å². The van der Waals surface area contributed by atoms with Crippen LogP contribution in [-0.4, -0.2) is 318 Å². The molecule has 121 heavy (non-hydrogen) atoms. The van der Waals surface area contributed by atoms with Crippen molar-refractivity contribution in [3.63, 3.8) is 0 Å². The Balaban J connectivity index is 1.57. The fraction of sp³-hybridized carbons (Fsp3) is 0.684. The van der Waals surface area contributed by atoms with Gasteiger partial charge in [-0.25, -0.2) is 4.79 Å². The molecule has 1 aromatic carbocycles. The Morgan fingerprint density at radius 1 is 0.446 bits per heavy atom. The van der Waals surface area contributed by atoms with E-state index in [1.54, 1.807) is 20.1 Å². The Morgan fingerprint density at radius 3 is 1.28 bits per heavy atom. The fourth-order valence-electron chi connectivity index (χ4n) is 14.0. The third kappa shape index (κ3) is 33.8. The number of phenols is 1. The number of hydrogen-bond acceptors (Lipinski definition) is 27. The molecule has 28 N–H and O–H groups in total. The minimum atomic E-state index is -2.09. The van der Waals surface area contributed by atoms with Gasteiger partial charge in [0.1, 0.15) is 90.3 Å². The SMILES string of the molecule is CSCCC(NC(=O)C(CO)NC(=O)C(N)CC(=O)O)C(=O)NC(CCCCN)C(=O)NC(Cc1ccc(O)cc1)C(=O)NC(CC(C)C)C(=O)NC(CC(=O)O)C(=O)NC(CCC(N)=O)C(=O)NC(CCCCN)C(=O)NC(CO)C(=O)N1CCCC1C(=O)NC(C(=O)N1CCCC1C(=O)NC(CCCCN)C(=O)N1CCCC1C(=O)O)C(C)O. The molecule has 3 heterocycles. The minimum absolute atomic E-state index is 0.0140. The number of aliphatic carboxylic acids is 3. The molecule has 3 fully saturated rings. The molecule has 15 amide bonds. The third-order valence-corrected chi connectivity index (χ3v) is 21.2. The smallest absolute Gasteiger partial charge is 0.326 e. The fourth-order valence-corrected chi connectivity index (χ4v) is 14.5. The number of nitrogens with two attached hydrogens (primary N) is 5. The number of phenolic OH excluding ortho intramolecular Hbond substituents is 1. The van der Waals surface area contributed by atoms with Crippen molar-refractivity contribution in [1.82, 2.24) is 73.2 Å². The number of amides is 15. The quantitative estimate of drug-likeness (QED) is 0.0269. The van der Waals surface area contributed by atoms with Gasteiger partial charge in [-0.15, -0.1) is 0 Å². The second-order valence-corrected chi connectivity index (χ2v) is 31.5. The molecule has 0 aromatic heterocycles. The summed E-state index contributed by atoms with van der Waals surface area (Å²) >= 11 is 1.27. The molecule has 3 aliphatic rings. The maximum absolute atomic E-state index is 14.8. The summed E-state index contributed by atoms with van der Waals surface area (Å²) in [5.74, 6) is -20.0. The number of unbranched alkanes of at least 4 members (excludes halogenated alkanes) is 3. The van der Waals surface area contributed by atoms with E-state index < -0.39 is 248 Å². The van der Waals surface area contributed by atoms with Crippen molar-refractivity contribution in [3.05, 3.63) is 29.8 Å². The minimum Gasteiger partial charge on any atom is -0.508 e. The summed E-state index contributed by atoms with van der Waals surface area (Å²) in [6.45, 7) is 2.86. The summed E-state index contributed by atoms with van der Waals surface area (Å²) in [5, 5.41) is 98.0. The van der Waals surface area contributed by atoms with Crippen molar-refractivity contribution in [2.45, 2.75) is 259 Å². The average molecular weight is 1730 g/mol. The summed E-state index contributed by atoms with van der Waals surface area (Å²) in [7, 11) is 0. The molecular formula is C76H123N19O25S. The summed E-state index contributed by atoms with van der Waals surface area (Å²) in [5.41, 5.74) is 28.7. The van der Waals surface area contributed by atoms with Gasteiger partial charge in [0.25, 0.3) is 0 Å². The predicted molar refractivity (Wildman–Crippen MR) is 433 cm³/mol. The van der Waals surface area contributed by atoms with E-state index in [2.05, 4.69) is 58.5 Å². The third-order valence-electron chi connectivity index (χ3n) is 20.5. The number of carboxylic acid groups (broad SMARTS) is 3. The van der Waals surface area contributed by atoms with Crippen molar-refractivity contribution in [2.75, 3.05) is 64.5 Å². The molecule has 4 rings (SSSR count). The van der Waals surface area contributed by atoms with E-state index in [-0.39, 0.29) is 134 Å². The molecule has 0 aliphatic carbocycles. The van der Waals surface area contributed by atoms with Crippen LogP contribution in [-0.2, 0) is 92.7 Å². The summed E-state index contributed by atoms with van der Waals surface area (Å²) in [4.78, 5) is 250. The van der Waals surface area contributed by atoms with Crippen molar-refractivity contribution in [3.8, 4) is 5.75 Å². The first-order chi connectivity index (χ1) is 57.3. The molecule has 16 unspecified atom stereocenters. The van der Waals surface area contributed by atoms with Gasteiger partial charge in [0.15, 0.2) is 0 Å². The number of carbonyl (C=O) groups excluding carboxylic acids is 15. The van der Waals surface area contributed by atoms with E-state index >= 15 is 0 Å². The van der Waals surface area contributed by atoms with Gasteiger partial charge in [0.05, 0.1) is 38.2 Å². The number of primary amides is 1. The van der Waals surface area contributed by atoms with Crippen molar-refractivity contribution in [1.29, 1.82) is 0 Å². The number of likely N-dealkylation sites (tertiary alicyclic amines) is 3. The van der Waals surface area contributed by atoms with Crippen molar-refractivity contribution < 1.29 is 122 Å². The Bertz CT molecular complexity index is 3720. The van der Waals surface area contributed by atoms with Crippen LogP contribution in [0.4, 0.5) is 0 Å². The number of benzene rings is 1. The highest BCUT2D eigenvalue weighted by atomic mass is 32.2. The molecule has 0 spiro atoms. The van der Waals surface area contributed by atoms with E-state index in [0.29, 0.717) is 37.7 Å². The molecule has 0 radical (unpaired) electrons. The lowest BCUT2D eigenvalue weighted by Gasteiger charge is -2.33. The highest BCUT2D eigenvalue weighted by molar-refractivity contribution is 7.98. The van der Waals surface area contributed by atoms with Gasteiger partial charge in [-0.1, -0.05) is 26.0 Å². The van der Waals surface area contributed by atoms with Gasteiger partial charge in [-0.3, -0.25) is 81.5 Å². The second kappa shape index (κ2) is 52.7. The highest BCUT2D eigenvalue weighted by Crippen LogP contribution is 2.25. The number of nitrogens with one attached hydrogen (secondary N) is 11. The zero-order chi connectivity index (χ0) is 90.3. The number of aromatic hydroxyl groups is 1. The molecule has 44 nitrogen and oxygen atoms in total. The van der Waals surface area contributed by atoms with Crippen LogP contribution < -0.4 is 87.2 Å². The lowest BCUT2D eigenvalue weighted by atomic mass is 9.99. The number of carbonyl (C=O) groups is 18. The standard InChI is InChI=1S/C76H123N19O25S/c1-40(2)34-50(87-68(111)51(35-42-20-22-43(99)23-21-42)88-63(106)45(14-5-8-27-77)83-66(109)48(26-33-121-4)85-70(113)53(38-96)90-62(105)44(80)36-59(101)102)67(110)89-52(37-60(103)104)69(112)84-47(24-25-58(81)100)65(108)82-46(15-6-9-28-78)64(107)91-54(39-97)74(117)93-30-11-18-56(93)72(115)92-61(41(3)98)75(118)94-31-12-17-55(94)71(114)86-49(16-7-10-29-79)73(116)95-32-13-19-57(95)76(119)120/h20-23,40-41,44-57,61,96-99H,5-19,24-39,77-80H2,1-4H3,(H2,81,100)(H,82,108)(H,83,109)(H,84,112)(H,85,113)(H,86,114)(H,87,111)(H,88,106)(H,89,110)(H,90,105)(H,91,107)(H,92,115)(H,101,102)(H,103,104)(H,119,120). The topological polar surface area (TPSA) is 721 Å². The van der Waals surface area contributed by atoms with E-state index in [0.717, 1.165) is 9.80 Å². The van der Waals surface area contributed by atoms with Crippen LogP contribution in [0.25, 0.3) is 0 Å². The zero-order valence-electron chi connectivity index (χ0n) is 68.7. The number of aliphatic hydroxyl groups excluding tert-OH is 3. The Labute approximate surface area is 704 Å². The Kier molecular flexibility index (Phi) is 44.8. The monoisotopic (exact) mass is 1730 g/mol. The summed E-state index contributed by atoms with van der Waals surface area (Å²) < 4.78 is 0. The second-order valence-electron chi connectivity index (χ2n) is 30.6. The van der Waals surface area contributed by atoms with Crippen molar-refractivity contribution in [2.24, 2.45) is 34.6 Å². The van der Waals surface area contributed by atoms with E-state index in [1.165, 1.54) is 47.9 Å². The lowest BCUT2D eigenvalue weighted by molar-refractivity contribution is -0.150. The molecule has 678 valence electrons. The van der Waals surface area contributed by atoms with Gasteiger partial charge in [0, 0.05) is 32.5 Å². The first-order valence-electron chi connectivity index (χ1n) is 40.6. The van der Waals surface area contributed by atoms with Crippen LogP contribution in [0.1, 0.15) is 161 Å². The number of aliphatic hydroxyl groups is 3. The predicted octanol–water partition coefficient (Wildman–Crippen LogP) is -7.58. The number of hydrogen-bond donors (Lipinski definition) is 23. The van der Waals surface area contributed by atoms with E-state index in [9.17, 15) is 117 Å². The first-order valence-corrected chi connectivity index (χ1v) is 42.0. The number of carboxylic acids is 3. The molecule has 0 bridgehead atoms. The molecule has 45 heteroatoms. The van der Waals surface area contributed by atoms with Gasteiger partial charge < -0.3 is 138 Å². The maximum Gasteiger partial charge on any atom is 0.326 e. The van der Waals surface area contributed by atoms with Gasteiger partial charge >= 0.3 is 17.9 Å². The van der Waals surface area contributed by atoms with Gasteiger partial charge in [-0.2, -0.15) is 11.8 Å². The number of thioether (sulfide) groups is 1. The van der Waals surface area contributed by atoms with Gasteiger partial charge in [-0.05, 0) is 178 Å².